The summed E-state index contributed by atoms with van der Waals surface area (Å²) >= 11 is 0. The van der Waals surface area contributed by atoms with Crippen molar-refractivity contribution < 1.29 is 4.79 Å². The van der Waals surface area contributed by atoms with Gasteiger partial charge >= 0.3 is 0 Å². The van der Waals surface area contributed by atoms with Crippen LogP contribution in [0.5, 0.6) is 0 Å². The van der Waals surface area contributed by atoms with Gasteiger partial charge in [-0.05, 0) is 37.3 Å². The number of aryl methyl sites for hydroxylation is 1. The van der Waals surface area contributed by atoms with Gasteiger partial charge in [0.25, 0.3) is 0 Å². The van der Waals surface area contributed by atoms with Crippen LogP contribution in [-0.2, 0) is 11.3 Å². The molecule has 2 rings (SSSR count). The summed E-state index contributed by atoms with van der Waals surface area (Å²) in [5.41, 5.74) is 2.54. The monoisotopic (exact) mass is 232 g/mol. The zero-order chi connectivity index (χ0) is 12.1. The molecule has 0 bridgehead atoms. The van der Waals surface area contributed by atoms with E-state index in [2.05, 4.69) is 29.7 Å². The molecule has 1 unspecified atom stereocenters. The molecule has 0 radical (unpaired) electrons. The second-order valence-corrected chi connectivity index (χ2v) is 4.65. The summed E-state index contributed by atoms with van der Waals surface area (Å²) in [6, 6.07) is 8.26. The molecule has 3 heteroatoms. The summed E-state index contributed by atoms with van der Waals surface area (Å²) in [5.74, 6) is 0.149. The predicted molar refractivity (Wildman–Crippen MR) is 68.7 cm³/mol. The maximum atomic E-state index is 11.7. The van der Waals surface area contributed by atoms with Crippen LogP contribution in [0, 0.1) is 6.92 Å². The lowest BCUT2D eigenvalue weighted by Crippen LogP contribution is -2.42. The zero-order valence-corrected chi connectivity index (χ0v) is 10.3. The Kier molecular flexibility index (Phi) is 4.15. The minimum atomic E-state index is -0.0305. The fourth-order valence-electron chi connectivity index (χ4n) is 2.18. The molecule has 0 spiro atoms. The molecule has 1 aliphatic rings. The fraction of sp³-hybridized carbons (Fsp3) is 0.500. The van der Waals surface area contributed by atoms with E-state index in [1.807, 2.05) is 12.1 Å². The molecular weight excluding hydrogens is 212 g/mol. The topological polar surface area (TPSA) is 41.1 Å². The lowest BCUT2D eigenvalue weighted by Gasteiger charge is -2.16. The van der Waals surface area contributed by atoms with E-state index in [0.29, 0.717) is 0 Å². The first-order chi connectivity index (χ1) is 8.27. The minimum Gasteiger partial charge on any atom is -0.355 e. The molecule has 1 amide bonds. The van der Waals surface area contributed by atoms with Crippen LogP contribution in [0.2, 0.25) is 0 Å². The number of benzene rings is 1. The molecule has 92 valence electrons. The first-order valence-corrected chi connectivity index (χ1v) is 6.33. The van der Waals surface area contributed by atoms with E-state index in [1.165, 1.54) is 11.1 Å². The maximum Gasteiger partial charge on any atom is 0.237 e. The summed E-state index contributed by atoms with van der Waals surface area (Å²) in [4.78, 5) is 11.7. The Morgan fingerprint density at radius 1 is 1.35 bits per heavy atom. The number of hydrogen-bond acceptors (Lipinski definition) is 2. The summed E-state index contributed by atoms with van der Waals surface area (Å²) < 4.78 is 0. The SMILES string of the molecule is Cc1ccccc1CNC1CCCCNC1=O. The van der Waals surface area contributed by atoms with Crippen molar-refractivity contribution in [1.29, 1.82) is 0 Å². The molecule has 1 aromatic carbocycles. The van der Waals surface area contributed by atoms with Gasteiger partial charge in [-0.3, -0.25) is 4.79 Å². The largest absolute Gasteiger partial charge is 0.355 e. The highest BCUT2D eigenvalue weighted by Gasteiger charge is 2.19. The smallest absolute Gasteiger partial charge is 0.237 e. The first-order valence-electron chi connectivity index (χ1n) is 6.33. The number of nitrogens with one attached hydrogen (secondary N) is 2. The van der Waals surface area contributed by atoms with Crippen molar-refractivity contribution in [3.63, 3.8) is 0 Å². The Morgan fingerprint density at radius 3 is 3.00 bits per heavy atom. The molecule has 17 heavy (non-hydrogen) atoms. The third-order valence-corrected chi connectivity index (χ3v) is 3.34. The number of rotatable bonds is 3. The van der Waals surface area contributed by atoms with Crippen molar-refractivity contribution in [1.82, 2.24) is 10.6 Å². The second kappa shape index (κ2) is 5.82. The summed E-state index contributed by atoms with van der Waals surface area (Å²) in [7, 11) is 0. The van der Waals surface area contributed by atoms with Crippen molar-refractivity contribution in [3.8, 4) is 0 Å². The normalized spacial score (nSPS) is 20.8. The van der Waals surface area contributed by atoms with Crippen LogP contribution in [0.1, 0.15) is 30.4 Å². The number of carbonyl (C=O) groups is 1. The fourth-order valence-corrected chi connectivity index (χ4v) is 2.18. The highest BCUT2D eigenvalue weighted by Crippen LogP contribution is 2.09. The summed E-state index contributed by atoms with van der Waals surface area (Å²) in [6.45, 7) is 3.69. The Labute approximate surface area is 103 Å². The molecule has 1 saturated heterocycles. The van der Waals surface area contributed by atoms with Gasteiger partial charge in [0.2, 0.25) is 5.91 Å². The van der Waals surface area contributed by atoms with E-state index in [1.54, 1.807) is 0 Å². The number of carbonyl (C=O) groups excluding carboxylic acids is 1. The number of hydrogen-bond donors (Lipinski definition) is 2. The number of amides is 1. The van der Waals surface area contributed by atoms with E-state index in [0.717, 1.165) is 32.4 Å². The quantitative estimate of drug-likeness (QED) is 0.833. The average molecular weight is 232 g/mol. The Morgan fingerprint density at radius 2 is 2.18 bits per heavy atom. The summed E-state index contributed by atoms with van der Waals surface area (Å²) in [6.07, 6.45) is 3.15. The lowest BCUT2D eigenvalue weighted by molar-refractivity contribution is -0.122. The zero-order valence-electron chi connectivity index (χ0n) is 10.3. The molecule has 0 aliphatic carbocycles. The van der Waals surface area contributed by atoms with Crippen molar-refractivity contribution in [2.75, 3.05) is 6.54 Å². The van der Waals surface area contributed by atoms with E-state index in [9.17, 15) is 4.79 Å². The minimum absolute atomic E-state index is 0.0305. The van der Waals surface area contributed by atoms with Gasteiger partial charge in [0.05, 0.1) is 6.04 Å². The molecule has 0 saturated carbocycles. The van der Waals surface area contributed by atoms with Crippen LogP contribution in [0.25, 0.3) is 0 Å². The predicted octanol–water partition coefficient (Wildman–Crippen LogP) is 1.75. The van der Waals surface area contributed by atoms with E-state index >= 15 is 0 Å². The first kappa shape index (κ1) is 12.1. The van der Waals surface area contributed by atoms with E-state index in [4.69, 9.17) is 0 Å². The van der Waals surface area contributed by atoms with Crippen LogP contribution in [-0.4, -0.2) is 18.5 Å². The summed E-state index contributed by atoms with van der Waals surface area (Å²) in [5, 5.41) is 6.30. The third kappa shape index (κ3) is 3.30. The highest BCUT2D eigenvalue weighted by molar-refractivity contribution is 5.81. The van der Waals surface area contributed by atoms with Gasteiger partial charge in [0.1, 0.15) is 0 Å². The molecule has 1 heterocycles. The molecule has 3 nitrogen and oxygen atoms in total. The molecule has 2 N–H and O–H groups in total. The van der Waals surface area contributed by atoms with Gasteiger partial charge < -0.3 is 10.6 Å². The maximum absolute atomic E-state index is 11.7. The van der Waals surface area contributed by atoms with Gasteiger partial charge in [0, 0.05) is 13.1 Å². The van der Waals surface area contributed by atoms with Gasteiger partial charge in [-0.25, -0.2) is 0 Å². The van der Waals surface area contributed by atoms with Crippen LogP contribution in [0.4, 0.5) is 0 Å². The van der Waals surface area contributed by atoms with Crippen molar-refractivity contribution >= 4 is 5.91 Å². The van der Waals surface area contributed by atoms with Crippen molar-refractivity contribution in [2.24, 2.45) is 0 Å². The molecule has 0 aromatic heterocycles. The van der Waals surface area contributed by atoms with Gasteiger partial charge in [-0.15, -0.1) is 0 Å². The average Bonchev–Trinajstić information content (AvgIpc) is 2.53. The lowest BCUT2D eigenvalue weighted by atomic mass is 10.1. The molecule has 1 atom stereocenters. The van der Waals surface area contributed by atoms with Crippen LogP contribution >= 0.6 is 0 Å². The Balaban J connectivity index is 1.93. The van der Waals surface area contributed by atoms with Crippen LogP contribution < -0.4 is 10.6 Å². The second-order valence-electron chi connectivity index (χ2n) is 4.65. The molecule has 1 fully saturated rings. The van der Waals surface area contributed by atoms with Crippen molar-refractivity contribution in [2.45, 2.75) is 38.8 Å². The Hall–Kier alpha value is -1.35. The molecular formula is C14H20N2O. The van der Waals surface area contributed by atoms with Crippen molar-refractivity contribution in [3.05, 3.63) is 35.4 Å². The molecule has 1 aliphatic heterocycles. The molecule has 1 aromatic rings. The third-order valence-electron chi connectivity index (χ3n) is 3.34. The van der Waals surface area contributed by atoms with Gasteiger partial charge in [-0.1, -0.05) is 24.3 Å². The standard InChI is InChI=1S/C14H20N2O/c1-11-6-2-3-7-12(11)10-16-13-8-4-5-9-15-14(13)17/h2-3,6-7,13,16H,4-5,8-10H2,1H3,(H,15,17). The van der Waals surface area contributed by atoms with Crippen LogP contribution in [0.15, 0.2) is 24.3 Å². The van der Waals surface area contributed by atoms with E-state index in [-0.39, 0.29) is 11.9 Å². The Bertz CT molecular complexity index is 390. The highest BCUT2D eigenvalue weighted by atomic mass is 16.2. The van der Waals surface area contributed by atoms with Gasteiger partial charge in [-0.2, -0.15) is 0 Å². The van der Waals surface area contributed by atoms with Gasteiger partial charge in [0.15, 0.2) is 0 Å². The van der Waals surface area contributed by atoms with E-state index < -0.39 is 0 Å². The van der Waals surface area contributed by atoms with Crippen LogP contribution in [0.3, 0.4) is 0 Å².